The van der Waals surface area contributed by atoms with Gasteiger partial charge >= 0.3 is 0 Å². The summed E-state index contributed by atoms with van der Waals surface area (Å²) in [6, 6.07) is 16.9. The standard InChI is InChI=1S/C16H18O3/c1-2-18-15-10-8-13(9-11-15)16(17)12-19-14-6-4-3-5-7-14/h3-11,16-17H,2,12H2,1H3. The van der Waals surface area contributed by atoms with Crippen molar-refractivity contribution < 1.29 is 14.6 Å². The Morgan fingerprint density at radius 2 is 1.53 bits per heavy atom. The van der Waals surface area contributed by atoms with Gasteiger partial charge in [-0.3, -0.25) is 0 Å². The summed E-state index contributed by atoms with van der Waals surface area (Å²) >= 11 is 0. The molecular weight excluding hydrogens is 240 g/mol. The first-order chi connectivity index (χ1) is 9.29. The van der Waals surface area contributed by atoms with Crippen molar-refractivity contribution in [2.75, 3.05) is 13.2 Å². The quantitative estimate of drug-likeness (QED) is 0.864. The Morgan fingerprint density at radius 1 is 0.895 bits per heavy atom. The van der Waals surface area contributed by atoms with Crippen LogP contribution in [-0.4, -0.2) is 18.3 Å². The second-order valence-electron chi connectivity index (χ2n) is 4.14. The van der Waals surface area contributed by atoms with Gasteiger partial charge in [0.2, 0.25) is 0 Å². The van der Waals surface area contributed by atoms with Crippen LogP contribution in [0.15, 0.2) is 54.6 Å². The second kappa shape index (κ2) is 6.81. The molecule has 0 bridgehead atoms. The molecule has 1 atom stereocenters. The van der Waals surface area contributed by atoms with Gasteiger partial charge in [0, 0.05) is 0 Å². The summed E-state index contributed by atoms with van der Waals surface area (Å²) in [5.41, 5.74) is 0.819. The first kappa shape index (κ1) is 13.4. The highest BCUT2D eigenvalue weighted by Crippen LogP contribution is 2.19. The van der Waals surface area contributed by atoms with Gasteiger partial charge in [-0.05, 0) is 36.8 Å². The maximum Gasteiger partial charge on any atom is 0.119 e. The van der Waals surface area contributed by atoms with E-state index >= 15 is 0 Å². The molecule has 0 aliphatic carbocycles. The van der Waals surface area contributed by atoms with Crippen LogP contribution in [0.2, 0.25) is 0 Å². The van der Waals surface area contributed by atoms with Crippen molar-refractivity contribution in [1.82, 2.24) is 0 Å². The van der Waals surface area contributed by atoms with E-state index in [1.807, 2.05) is 61.5 Å². The summed E-state index contributed by atoms with van der Waals surface area (Å²) in [4.78, 5) is 0. The lowest BCUT2D eigenvalue weighted by Gasteiger charge is -2.13. The van der Waals surface area contributed by atoms with Crippen LogP contribution in [0.4, 0.5) is 0 Å². The lowest BCUT2D eigenvalue weighted by atomic mass is 10.1. The highest BCUT2D eigenvalue weighted by Gasteiger charge is 2.08. The second-order valence-corrected chi connectivity index (χ2v) is 4.14. The van der Waals surface area contributed by atoms with Crippen LogP contribution < -0.4 is 9.47 Å². The van der Waals surface area contributed by atoms with Gasteiger partial charge in [-0.15, -0.1) is 0 Å². The smallest absolute Gasteiger partial charge is 0.119 e. The molecule has 19 heavy (non-hydrogen) atoms. The molecule has 2 aromatic carbocycles. The molecule has 0 fully saturated rings. The van der Waals surface area contributed by atoms with Gasteiger partial charge in [0.15, 0.2) is 0 Å². The first-order valence-electron chi connectivity index (χ1n) is 6.38. The maximum absolute atomic E-state index is 10.0. The average molecular weight is 258 g/mol. The van der Waals surface area contributed by atoms with E-state index in [2.05, 4.69) is 0 Å². The van der Waals surface area contributed by atoms with E-state index in [9.17, 15) is 5.11 Å². The van der Waals surface area contributed by atoms with Crippen LogP contribution >= 0.6 is 0 Å². The van der Waals surface area contributed by atoms with Crippen molar-refractivity contribution in [3.63, 3.8) is 0 Å². The Balaban J connectivity index is 1.90. The summed E-state index contributed by atoms with van der Waals surface area (Å²) in [6.07, 6.45) is -0.643. The fourth-order valence-electron chi connectivity index (χ4n) is 1.74. The van der Waals surface area contributed by atoms with E-state index in [0.29, 0.717) is 6.61 Å². The van der Waals surface area contributed by atoms with E-state index in [1.165, 1.54) is 0 Å². The number of benzene rings is 2. The molecule has 3 heteroatoms. The fraction of sp³-hybridized carbons (Fsp3) is 0.250. The lowest BCUT2D eigenvalue weighted by molar-refractivity contribution is 0.108. The number of rotatable bonds is 6. The molecule has 0 heterocycles. The predicted molar refractivity (Wildman–Crippen MR) is 74.5 cm³/mol. The third-order valence-electron chi connectivity index (χ3n) is 2.73. The van der Waals surface area contributed by atoms with Crippen LogP contribution in [0.25, 0.3) is 0 Å². The van der Waals surface area contributed by atoms with Gasteiger partial charge in [-0.25, -0.2) is 0 Å². The van der Waals surface area contributed by atoms with Gasteiger partial charge in [-0.1, -0.05) is 30.3 Å². The molecule has 2 aromatic rings. The molecule has 3 nitrogen and oxygen atoms in total. The summed E-state index contributed by atoms with van der Waals surface area (Å²) in [6.45, 7) is 2.81. The summed E-state index contributed by atoms with van der Waals surface area (Å²) in [7, 11) is 0. The zero-order valence-electron chi connectivity index (χ0n) is 11.0. The summed E-state index contributed by atoms with van der Waals surface area (Å²) < 4.78 is 10.9. The third kappa shape index (κ3) is 4.00. The SMILES string of the molecule is CCOc1ccc(C(O)COc2ccccc2)cc1. The number of hydrogen-bond donors (Lipinski definition) is 1. The molecule has 0 spiro atoms. The highest BCUT2D eigenvalue weighted by atomic mass is 16.5. The predicted octanol–water partition coefficient (Wildman–Crippen LogP) is 3.20. The summed E-state index contributed by atoms with van der Waals surface area (Å²) in [5, 5.41) is 10.0. The van der Waals surface area contributed by atoms with Gasteiger partial charge in [-0.2, -0.15) is 0 Å². The van der Waals surface area contributed by atoms with Crippen molar-refractivity contribution >= 4 is 0 Å². The van der Waals surface area contributed by atoms with E-state index < -0.39 is 6.10 Å². The van der Waals surface area contributed by atoms with Crippen LogP contribution in [0.3, 0.4) is 0 Å². The molecule has 0 aliphatic heterocycles. The van der Waals surface area contributed by atoms with Crippen LogP contribution in [0.1, 0.15) is 18.6 Å². The fourth-order valence-corrected chi connectivity index (χ4v) is 1.74. The monoisotopic (exact) mass is 258 g/mol. The molecule has 0 aromatic heterocycles. The molecule has 2 rings (SSSR count). The Hall–Kier alpha value is -2.00. The Kier molecular flexibility index (Phi) is 4.81. The minimum absolute atomic E-state index is 0.234. The Bertz CT molecular complexity index is 479. The molecule has 0 saturated carbocycles. The highest BCUT2D eigenvalue weighted by molar-refractivity contribution is 5.29. The zero-order valence-corrected chi connectivity index (χ0v) is 11.0. The first-order valence-corrected chi connectivity index (χ1v) is 6.38. The molecule has 100 valence electrons. The number of ether oxygens (including phenoxy) is 2. The van der Waals surface area contributed by atoms with Crippen molar-refractivity contribution in [2.24, 2.45) is 0 Å². The molecule has 1 unspecified atom stereocenters. The van der Waals surface area contributed by atoms with E-state index in [1.54, 1.807) is 0 Å². The molecular formula is C16H18O3. The van der Waals surface area contributed by atoms with E-state index in [-0.39, 0.29) is 6.61 Å². The van der Waals surface area contributed by atoms with Crippen molar-refractivity contribution in [3.05, 3.63) is 60.2 Å². The minimum Gasteiger partial charge on any atom is -0.494 e. The van der Waals surface area contributed by atoms with Gasteiger partial charge < -0.3 is 14.6 Å². The maximum atomic E-state index is 10.0. The zero-order chi connectivity index (χ0) is 13.5. The Morgan fingerprint density at radius 3 is 2.16 bits per heavy atom. The van der Waals surface area contributed by atoms with Crippen LogP contribution in [0.5, 0.6) is 11.5 Å². The summed E-state index contributed by atoms with van der Waals surface area (Å²) in [5.74, 6) is 1.56. The average Bonchev–Trinajstić information content (AvgIpc) is 2.47. The third-order valence-corrected chi connectivity index (χ3v) is 2.73. The molecule has 1 N–H and O–H groups in total. The van der Waals surface area contributed by atoms with Crippen LogP contribution in [0, 0.1) is 0 Å². The molecule has 0 aliphatic rings. The van der Waals surface area contributed by atoms with Crippen molar-refractivity contribution in [2.45, 2.75) is 13.0 Å². The van der Waals surface area contributed by atoms with Crippen molar-refractivity contribution in [1.29, 1.82) is 0 Å². The number of para-hydroxylation sites is 1. The van der Waals surface area contributed by atoms with Gasteiger partial charge in [0.1, 0.15) is 24.2 Å². The molecule has 0 saturated heterocycles. The number of aliphatic hydroxyl groups is 1. The van der Waals surface area contributed by atoms with E-state index in [4.69, 9.17) is 9.47 Å². The molecule has 0 radical (unpaired) electrons. The minimum atomic E-state index is -0.643. The Labute approximate surface area is 113 Å². The number of aliphatic hydroxyl groups excluding tert-OH is 1. The molecule has 0 amide bonds. The van der Waals surface area contributed by atoms with Crippen molar-refractivity contribution in [3.8, 4) is 11.5 Å². The largest absolute Gasteiger partial charge is 0.494 e. The topological polar surface area (TPSA) is 38.7 Å². The lowest BCUT2D eigenvalue weighted by Crippen LogP contribution is -2.09. The normalized spacial score (nSPS) is 11.9. The van der Waals surface area contributed by atoms with Crippen LogP contribution in [-0.2, 0) is 0 Å². The number of hydrogen-bond acceptors (Lipinski definition) is 3. The van der Waals surface area contributed by atoms with Gasteiger partial charge in [0.05, 0.1) is 6.61 Å². The van der Waals surface area contributed by atoms with E-state index in [0.717, 1.165) is 17.1 Å². The van der Waals surface area contributed by atoms with Gasteiger partial charge in [0.25, 0.3) is 0 Å².